The molecular formula is C50H70N14O4. The van der Waals surface area contributed by atoms with Gasteiger partial charge in [-0.15, -0.1) is 5.11 Å². The van der Waals surface area contributed by atoms with Crippen LogP contribution in [-0.2, 0) is 18.9 Å². The van der Waals surface area contributed by atoms with E-state index in [1.807, 2.05) is 97.1 Å². The number of ether oxygens (including phenoxy) is 4. The molecule has 5 aromatic rings. The summed E-state index contributed by atoms with van der Waals surface area (Å²) in [5, 5.41) is 23.2. The Morgan fingerprint density at radius 1 is 0.412 bits per heavy atom. The summed E-state index contributed by atoms with van der Waals surface area (Å²) in [6.07, 6.45) is 0. The molecule has 0 unspecified atom stereocenters. The normalized spacial score (nSPS) is 17.6. The Labute approximate surface area is 402 Å². The fraction of sp³-hybridized carbons (Fsp3) is 0.480. The number of nitrogens with zero attached hydrogens (tertiary/aromatic N) is 10. The maximum atomic E-state index is 5.49. The van der Waals surface area contributed by atoms with Gasteiger partial charge in [0.15, 0.2) is 29.0 Å². The summed E-state index contributed by atoms with van der Waals surface area (Å²) in [5.41, 5.74) is 3.35. The summed E-state index contributed by atoms with van der Waals surface area (Å²) < 4.78 is 21.8. The first-order valence-electron chi connectivity index (χ1n) is 24.3. The van der Waals surface area contributed by atoms with E-state index in [1.54, 1.807) is 0 Å². The molecule has 18 nitrogen and oxygen atoms in total. The fourth-order valence-corrected chi connectivity index (χ4v) is 8.11. The van der Waals surface area contributed by atoms with Crippen molar-refractivity contribution in [2.45, 2.75) is 0 Å². The smallest absolute Gasteiger partial charge is 0.170 e. The summed E-state index contributed by atoms with van der Waals surface area (Å²) in [4.78, 5) is 28.9. The van der Waals surface area contributed by atoms with Gasteiger partial charge in [-0.3, -0.25) is 19.6 Å². The van der Waals surface area contributed by atoms with Gasteiger partial charge in [0.2, 0.25) is 0 Å². The van der Waals surface area contributed by atoms with Crippen molar-refractivity contribution in [3.63, 3.8) is 0 Å². The third-order valence-electron chi connectivity index (χ3n) is 12.0. The Bertz CT molecular complexity index is 2140. The standard InChI is InChI=1S/C28H36N8O2.C22H32N6O2.H2/c1-3-7-23(8-4-1)26-31-27(29-11-13-35-15-19-37-20-16-35)25(34-33-24-9-5-2-6-10-24)28(32-26)30-12-14-36-17-21-38-22-18-36;1-2-4-19(5-3-1)22-25-20(23-6-8-27-10-14-29-15-11-27)18-21(26-22)24-7-9-28-12-16-30-17-13-28;/h1-10H,11-22H2,(H2,29,30,31,32);1-5,18H,6-17H2,(H2,23,24,25,26);1H. The van der Waals surface area contributed by atoms with Crippen LogP contribution >= 0.6 is 0 Å². The number of benzene rings is 3. The first kappa shape index (κ1) is 48.7. The Morgan fingerprint density at radius 3 is 1.13 bits per heavy atom. The topological polar surface area (TPSA) is 174 Å². The van der Waals surface area contributed by atoms with E-state index >= 15 is 0 Å². The van der Waals surface area contributed by atoms with E-state index in [9.17, 15) is 0 Å². The summed E-state index contributed by atoms with van der Waals surface area (Å²) in [7, 11) is 0. The number of anilines is 4. The molecule has 0 saturated carbocycles. The van der Waals surface area contributed by atoms with Crippen molar-refractivity contribution in [2.24, 2.45) is 10.2 Å². The molecule has 0 spiro atoms. The minimum Gasteiger partial charge on any atom is -0.379 e. The summed E-state index contributed by atoms with van der Waals surface area (Å²) in [6, 6.07) is 31.9. The molecule has 4 fully saturated rings. The van der Waals surface area contributed by atoms with Crippen LogP contribution in [0.25, 0.3) is 22.8 Å². The molecule has 18 heteroatoms. The summed E-state index contributed by atoms with van der Waals surface area (Å²) in [5.74, 6) is 4.42. The number of morpholine rings is 4. The minimum absolute atomic E-state index is 0. The molecule has 6 heterocycles. The van der Waals surface area contributed by atoms with E-state index in [0.29, 0.717) is 23.1 Å². The molecule has 4 saturated heterocycles. The zero-order valence-corrected chi connectivity index (χ0v) is 39.3. The van der Waals surface area contributed by atoms with Gasteiger partial charge >= 0.3 is 0 Å². The SMILES string of the molecule is [HH].c1ccc(-c2nc(NCCN3CCOCC3)cc(NCCN3CCOCC3)n2)cc1.c1ccc(N=Nc2c(NCCN3CCOCC3)nc(-c3ccccc3)nc2NCCN2CCOCC2)cc1. The maximum Gasteiger partial charge on any atom is 0.170 e. The number of azo groups is 1. The van der Waals surface area contributed by atoms with Crippen LogP contribution in [0.15, 0.2) is 107 Å². The Balaban J connectivity index is 0.000000206. The van der Waals surface area contributed by atoms with Crippen LogP contribution in [0.5, 0.6) is 0 Å². The van der Waals surface area contributed by atoms with E-state index in [4.69, 9.17) is 38.9 Å². The number of aromatic nitrogens is 4. The first-order valence-corrected chi connectivity index (χ1v) is 24.3. The van der Waals surface area contributed by atoms with Gasteiger partial charge in [0, 0.05) is 123 Å². The van der Waals surface area contributed by atoms with Crippen molar-refractivity contribution in [2.75, 3.05) is 179 Å². The monoisotopic (exact) mass is 931 g/mol. The Hall–Kier alpha value is -5.70. The highest BCUT2D eigenvalue weighted by molar-refractivity contribution is 5.77. The van der Waals surface area contributed by atoms with E-state index in [-0.39, 0.29) is 1.43 Å². The molecule has 68 heavy (non-hydrogen) atoms. The van der Waals surface area contributed by atoms with Gasteiger partial charge in [-0.1, -0.05) is 78.9 Å². The van der Waals surface area contributed by atoms with Crippen LogP contribution in [0.2, 0.25) is 0 Å². The van der Waals surface area contributed by atoms with E-state index in [2.05, 4.69) is 51.1 Å². The van der Waals surface area contributed by atoms with Crippen molar-refractivity contribution >= 4 is 34.6 Å². The summed E-state index contributed by atoms with van der Waals surface area (Å²) >= 11 is 0. The quantitative estimate of drug-likeness (QED) is 0.0677. The third kappa shape index (κ3) is 16.0. The maximum absolute atomic E-state index is 5.49. The number of hydrogen-bond acceptors (Lipinski definition) is 18. The second-order valence-corrected chi connectivity index (χ2v) is 16.8. The van der Waals surface area contributed by atoms with Crippen molar-refractivity contribution in [3.05, 3.63) is 97.1 Å². The van der Waals surface area contributed by atoms with Crippen molar-refractivity contribution in [1.29, 1.82) is 0 Å². The molecule has 0 radical (unpaired) electrons. The van der Waals surface area contributed by atoms with Crippen LogP contribution in [0.4, 0.5) is 34.6 Å². The zero-order valence-electron chi connectivity index (χ0n) is 39.3. The van der Waals surface area contributed by atoms with E-state index < -0.39 is 0 Å². The second kappa shape index (κ2) is 27.3. The minimum atomic E-state index is 0. The zero-order chi connectivity index (χ0) is 46.3. The van der Waals surface area contributed by atoms with Crippen LogP contribution < -0.4 is 21.3 Å². The van der Waals surface area contributed by atoms with Crippen molar-refractivity contribution in [1.82, 2.24) is 39.5 Å². The molecule has 4 N–H and O–H groups in total. The lowest BCUT2D eigenvalue weighted by Crippen LogP contribution is -2.39. The Kier molecular flexibility index (Phi) is 19.6. The van der Waals surface area contributed by atoms with E-state index in [1.165, 1.54) is 0 Å². The van der Waals surface area contributed by atoms with Crippen molar-refractivity contribution < 1.29 is 20.4 Å². The number of nitrogens with one attached hydrogen (secondary N) is 4. The molecule has 4 aliphatic rings. The van der Waals surface area contributed by atoms with Crippen LogP contribution in [0.1, 0.15) is 1.43 Å². The molecule has 364 valence electrons. The largest absolute Gasteiger partial charge is 0.379 e. The molecule has 4 aliphatic heterocycles. The molecule has 2 aromatic heterocycles. The van der Waals surface area contributed by atoms with Crippen molar-refractivity contribution in [3.8, 4) is 22.8 Å². The van der Waals surface area contributed by atoms with Crippen LogP contribution in [0.3, 0.4) is 0 Å². The molecular weight excluding hydrogens is 861 g/mol. The van der Waals surface area contributed by atoms with Gasteiger partial charge in [-0.25, -0.2) is 19.9 Å². The first-order chi connectivity index (χ1) is 33.7. The highest BCUT2D eigenvalue weighted by Gasteiger charge is 2.19. The molecule has 0 atom stereocenters. The average molecular weight is 931 g/mol. The van der Waals surface area contributed by atoms with Crippen LogP contribution in [-0.4, -0.2) is 197 Å². The predicted molar refractivity (Wildman–Crippen MR) is 271 cm³/mol. The summed E-state index contributed by atoms with van der Waals surface area (Å²) in [6.45, 7) is 21.0. The lowest BCUT2D eigenvalue weighted by Gasteiger charge is -2.27. The second-order valence-electron chi connectivity index (χ2n) is 16.8. The number of rotatable bonds is 20. The van der Waals surface area contributed by atoms with Gasteiger partial charge in [0.1, 0.15) is 11.6 Å². The molecule has 3 aromatic carbocycles. The molecule has 9 rings (SSSR count). The van der Waals surface area contributed by atoms with Gasteiger partial charge in [0.25, 0.3) is 0 Å². The van der Waals surface area contributed by atoms with Crippen LogP contribution in [0, 0.1) is 0 Å². The molecule has 0 amide bonds. The average Bonchev–Trinajstić information content (AvgIpc) is 3.40. The van der Waals surface area contributed by atoms with E-state index in [0.717, 1.165) is 192 Å². The highest BCUT2D eigenvalue weighted by atomic mass is 16.5. The Morgan fingerprint density at radius 2 is 0.750 bits per heavy atom. The lowest BCUT2D eigenvalue weighted by atomic mass is 10.2. The van der Waals surface area contributed by atoms with Gasteiger partial charge in [0.05, 0.1) is 58.5 Å². The fourth-order valence-electron chi connectivity index (χ4n) is 8.11. The van der Waals surface area contributed by atoms with Gasteiger partial charge < -0.3 is 40.2 Å². The number of hydrogen-bond donors (Lipinski definition) is 4. The lowest BCUT2D eigenvalue weighted by molar-refractivity contribution is 0.0398. The third-order valence-corrected chi connectivity index (χ3v) is 12.0. The van der Waals surface area contributed by atoms with Gasteiger partial charge in [-0.05, 0) is 12.1 Å². The van der Waals surface area contributed by atoms with Gasteiger partial charge in [-0.2, -0.15) is 5.11 Å². The molecule has 0 aliphatic carbocycles. The predicted octanol–water partition coefficient (Wildman–Crippen LogP) is 5.93. The molecule has 0 bridgehead atoms. The highest BCUT2D eigenvalue weighted by Crippen LogP contribution is 2.35.